The molecule has 2 rings (SSSR count). The molecule has 0 spiro atoms. The van der Waals surface area contributed by atoms with Crippen LogP contribution in [0.4, 0.5) is 0 Å². The number of rotatable bonds is 2. The third kappa shape index (κ3) is 2.27. The maximum atomic E-state index is 11.8. The Hall–Kier alpha value is -1.36. The van der Waals surface area contributed by atoms with E-state index in [2.05, 4.69) is 0 Å². The average Bonchev–Trinajstić information content (AvgIpc) is 2.48. The van der Waals surface area contributed by atoms with Gasteiger partial charge in [-0.25, -0.2) is 12.7 Å². The zero-order valence-electron chi connectivity index (χ0n) is 10.9. The highest BCUT2D eigenvalue weighted by molar-refractivity contribution is 7.90. The molecule has 0 N–H and O–H groups in total. The van der Waals surface area contributed by atoms with Gasteiger partial charge in [0.2, 0.25) is 15.9 Å². The summed E-state index contributed by atoms with van der Waals surface area (Å²) >= 11 is 0. The Bertz CT molecular complexity index is 582. The summed E-state index contributed by atoms with van der Waals surface area (Å²) in [5.41, 5.74) is 4.13. The topological polar surface area (TPSA) is 54.5 Å². The van der Waals surface area contributed by atoms with Crippen LogP contribution >= 0.6 is 0 Å². The van der Waals surface area contributed by atoms with E-state index in [1.165, 1.54) is 0 Å². The van der Waals surface area contributed by atoms with Crippen molar-refractivity contribution in [3.8, 4) is 0 Å². The first-order valence-electron chi connectivity index (χ1n) is 5.91. The maximum absolute atomic E-state index is 11.8. The van der Waals surface area contributed by atoms with E-state index in [0.717, 1.165) is 26.6 Å². The van der Waals surface area contributed by atoms with Crippen molar-refractivity contribution in [1.29, 1.82) is 0 Å². The number of hydrogen-bond acceptors (Lipinski definition) is 3. The number of hydrogen-bond donors (Lipinski definition) is 0. The van der Waals surface area contributed by atoms with Gasteiger partial charge in [-0.1, -0.05) is 17.7 Å². The van der Waals surface area contributed by atoms with Crippen molar-refractivity contribution >= 4 is 15.9 Å². The van der Waals surface area contributed by atoms with Gasteiger partial charge in [0.1, 0.15) is 0 Å². The summed E-state index contributed by atoms with van der Waals surface area (Å²) in [4.78, 5) is 11.6. The van der Waals surface area contributed by atoms with Gasteiger partial charge >= 0.3 is 0 Å². The Morgan fingerprint density at radius 3 is 2.17 bits per heavy atom. The summed E-state index contributed by atoms with van der Waals surface area (Å²) in [6.45, 7) is 6.06. The molecule has 0 atom stereocenters. The molecule has 1 aromatic rings. The number of amides is 1. The lowest BCUT2D eigenvalue weighted by Crippen LogP contribution is -2.29. The lowest BCUT2D eigenvalue weighted by Gasteiger charge is -2.18. The van der Waals surface area contributed by atoms with Crippen LogP contribution in [-0.4, -0.2) is 24.4 Å². The molecule has 1 heterocycles. The maximum Gasteiger partial charge on any atom is 0.238 e. The highest BCUT2D eigenvalue weighted by atomic mass is 32.2. The second-order valence-electron chi connectivity index (χ2n) is 4.84. The summed E-state index contributed by atoms with van der Waals surface area (Å²) in [6, 6.07) is 4.02. The first-order chi connectivity index (χ1) is 8.31. The van der Waals surface area contributed by atoms with Crippen LogP contribution in [0.15, 0.2) is 12.1 Å². The van der Waals surface area contributed by atoms with Crippen LogP contribution in [0.25, 0.3) is 0 Å². The zero-order chi connectivity index (χ0) is 13.5. The van der Waals surface area contributed by atoms with Gasteiger partial charge in [0.15, 0.2) is 0 Å². The monoisotopic (exact) mass is 267 g/mol. The SMILES string of the molecule is Cc1cc(C)c(CN2C(=O)CCS2(=O)=O)c(C)c1. The van der Waals surface area contributed by atoms with E-state index < -0.39 is 10.0 Å². The Labute approximate surface area is 108 Å². The summed E-state index contributed by atoms with van der Waals surface area (Å²) in [5.74, 6) is -0.357. The van der Waals surface area contributed by atoms with Crippen molar-refractivity contribution in [2.75, 3.05) is 5.75 Å². The quantitative estimate of drug-likeness (QED) is 0.819. The van der Waals surface area contributed by atoms with E-state index in [0.29, 0.717) is 0 Å². The van der Waals surface area contributed by atoms with Crippen LogP contribution in [0.5, 0.6) is 0 Å². The molecule has 0 bridgehead atoms. The molecule has 1 aromatic carbocycles. The van der Waals surface area contributed by atoms with Gasteiger partial charge in [-0.05, 0) is 37.5 Å². The molecule has 1 fully saturated rings. The van der Waals surface area contributed by atoms with Gasteiger partial charge in [-0.15, -0.1) is 0 Å². The lowest BCUT2D eigenvalue weighted by molar-refractivity contribution is -0.125. The van der Waals surface area contributed by atoms with Crippen LogP contribution in [-0.2, 0) is 21.4 Å². The molecule has 0 radical (unpaired) electrons. The van der Waals surface area contributed by atoms with E-state index in [1.54, 1.807) is 0 Å². The number of carbonyl (C=O) groups excluding carboxylic acids is 1. The summed E-state index contributed by atoms with van der Waals surface area (Å²) in [6.07, 6.45) is 0.103. The Morgan fingerprint density at radius 2 is 1.72 bits per heavy atom. The number of nitrogens with zero attached hydrogens (tertiary/aromatic N) is 1. The average molecular weight is 267 g/mol. The van der Waals surface area contributed by atoms with Crippen LogP contribution in [0.2, 0.25) is 0 Å². The third-order valence-electron chi connectivity index (χ3n) is 3.33. The molecule has 1 amide bonds. The first-order valence-corrected chi connectivity index (χ1v) is 7.52. The molecule has 1 aliphatic heterocycles. The molecule has 0 unspecified atom stereocenters. The molecule has 1 saturated heterocycles. The summed E-state index contributed by atoms with van der Waals surface area (Å²) in [5, 5.41) is 0. The molecule has 0 saturated carbocycles. The number of aryl methyl sites for hydroxylation is 3. The van der Waals surface area contributed by atoms with E-state index in [1.807, 2.05) is 32.9 Å². The molecule has 18 heavy (non-hydrogen) atoms. The third-order valence-corrected chi connectivity index (χ3v) is 5.05. The van der Waals surface area contributed by atoms with Gasteiger partial charge < -0.3 is 0 Å². The number of carbonyl (C=O) groups is 1. The van der Waals surface area contributed by atoms with E-state index >= 15 is 0 Å². The second-order valence-corrected chi connectivity index (χ2v) is 6.86. The van der Waals surface area contributed by atoms with Crippen molar-refractivity contribution in [1.82, 2.24) is 4.31 Å². The Kier molecular flexibility index (Phi) is 3.19. The van der Waals surface area contributed by atoms with Crippen molar-refractivity contribution in [2.24, 2.45) is 0 Å². The normalized spacial score (nSPS) is 18.4. The smallest absolute Gasteiger partial charge is 0.238 e. The summed E-state index contributed by atoms with van der Waals surface area (Å²) in [7, 11) is -3.39. The van der Waals surface area contributed by atoms with Crippen molar-refractivity contribution in [3.63, 3.8) is 0 Å². The van der Waals surface area contributed by atoms with Crippen LogP contribution in [0.1, 0.15) is 28.7 Å². The van der Waals surface area contributed by atoms with Gasteiger partial charge in [0.25, 0.3) is 0 Å². The molecule has 98 valence electrons. The van der Waals surface area contributed by atoms with E-state index in [9.17, 15) is 13.2 Å². The van der Waals surface area contributed by atoms with E-state index in [4.69, 9.17) is 0 Å². The van der Waals surface area contributed by atoms with Gasteiger partial charge in [-0.2, -0.15) is 0 Å². The van der Waals surface area contributed by atoms with Crippen LogP contribution in [0.3, 0.4) is 0 Å². The van der Waals surface area contributed by atoms with E-state index in [-0.39, 0.29) is 24.6 Å². The van der Waals surface area contributed by atoms with Crippen molar-refractivity contribution in [2.45, 2.75) is 33.7 Å². The Morgan fingerprint density at radius 1 is 1.17 bits per heavy atom. The molecule has 1 aliphatic rings. The molecule has 0 aromatic heterocycles. The molecular formula is C13H17NO3S. The van der Waals surface area contributed by atoms with Gasteiger partial charge in [-0.3, -0.25) is 4.79 Å². The van der Waals surface area contributed by atoms with Crippen LogP contribution < -0.4 is 0 Å². The second kappa shape index (κ2) is 4.39. The van der Waals surface area contributed by atoms with Gasteiger partial charge in [0.05, 0.1) is 12.3 Å². The fraction of sp³-hybridized carbons (Fsp3) is 0.462. The lowest BCUT2D eigenvalue weighted by atomic mass is 10.00. The fourth-order valence-corrected chi connectivity index (χ4v) is 3.78. The highest BCUT2D eigenvalue weighted by Gasteiger charge is 2.35. The fourth-order valence-electron chi connectivity index (χ4n) is 2.40. The predicted octanol–water partition coefficient (Wildman–Crippen LogP) is 1.67. The minimum Gasteiger partial charge on any atom is -0.274 e. The zero-order valence-corrected chi connectivity index (χ0v) is 11.7. The van der Waals surface area contributed by atoms with Gasteiger partial charge in [0, 0.05) is 6.42 Å². The number of sulfonamides is 1. The van der Waals surface area contributed by atoms with Crippen molar-refractivity contribution < 1.29 is 13.2 Å². The van der Waals surface area contributed by atoms with Crippen molar-refractivity contribution in [3.05, 3.63) is 34.4 Å². The minimum absolute atomic E-state index is 0.0597. The largest absolute Gasteiger partial charge is 0.274 e. The molecular weight excluding hydrogens is 250 g/mol. The standard InChI is InChI=1S/C13H17NO3S/c1-9-6-10(2)12(11(3)7-9)8-14-13(15)4-5-18(14,16)17/h6-7H,4-5,8H2,1-3H3. The van der Waals surface area contributed by atoms with Crippen LogP contribution in [0, 0.1) is 20.8 Å². The minimum atomic E-state index is -3.39. The molecule has 5 heteroatoms. The summed E-state index contributed by atoms with van der Waals surface area (Å²) < 4.78 is 24.6. The number of benzene rings is 1. The predicted molar refractivity (Wildman–Crippen MR) is 69.6 cm³/mol. The highest BCUT2D eigenvalue weighted by Crippen LogP contribution is 2.23. The molecule has 4 nitrogen and oxygen atoms in total. The Balaban J connectivity index is 2.38. The first kappa shape index (κ1) is 13.1. The molecule has 0 aliphatic carbocycles.